The van der Waals surface area contributed by atoms with E-state index in [1.165, 1.54) is 0 Å². The second-order valence-electron chi connectivity index (χ2n) is 4.80. The highest BCUT2D eigenvalue weighted by atomic mass is 32.2. The molecule has 1 aliphatic heterocycles. The minimum atomic E-state index is -0.454. The van der Waals surface area contributed by atoms with Gasteiger partial charge >= 0.3 is 6.03 Å². The number of thioether (sulfide) groups is 1. The van der Waals surface area contributed by atoms with Gasteiger partial charge in [0.15, 0.2) is 15.8 Å². The van der Waals surface area contributed by atoms with Gasteiger partial charge in [0.2, 0.25) is 0 Å². The molecule has 0 bridgehead atoms. The third-order valence-electron chi connectivity index (χ3n) is 3.47. The van der Waals surface area contributed by atoms with Crippen LogP contribution in [0.15, 0.2) is 10.7 Å². The predicted molar refractivity (Wildman–Crippen MR) is 84.9 cm³/mol. The molecule has 0 unspecified atom stereocenters. The number of nitrogens with two attached hydrogens (primary N) is 1. The number of hydrogen-bond acceptors (Lipinski definition) is 7. The summed E-state index contributed by atoms with van der Waals surface area (Å²) >= 11 is 3.24. The van der Waals surface area contributed by atoms with Crippen LogP contribution < -0.4 is 16.0 Å². The number of carbonyl (C=O) groups excluding carboxylic acids is 1. The number of amides is 2. The van der Waals surface area contributed by atoms with Gasteiger partial charge in [0, 0.05) is 19.1 Å². The van der Waals surface area contributed by atoms with Crippen LogP contribution in [0.25, 0.3) is 10.3 Å². The summed E-state index contributed by atoms with van der Waals surface area (Å²) in [5.74, 6) is 0.940. The number of piperidine rings is 1. The van der Waals surface area contributed by atoms with E-state index >= 15 is 0 Å². The van der Waals surface area contributed by atoms with Crippen LogP contribution in [0.2, 0.25) is 0 Å². The van der Waals surface area contributed by atoms with Gasteiger partial charge in [-0.15, -0.1) is 11.3 Å². The van der Waals surface area contributed by atoms with Crippen LogP contribution in [-0.4, -0.2) is 46.4 Å². The zero-order valence-corrected chi connectivity index (χ0v) is 13.2. The summed E-state index contributed by atoms with van der Waals surface area (Å²) in [5, 5.41) is 2.77. The second kappa shape index (κ2) is 6.02. The van der Waals surface area contributed by atoms with Crippen molar-refractivity contribution in [3.05, 3.63) is 6.33 Å². The first-order valence-corrected chi connectivity index (χ1v) is 8.68. The lowest BCUT2D eigenvalue weighted by molar-refractivity contribution is 0.242. The Hall–Kier alpha value is -1.61. The van der Waals surface area contributed by atoms with Crippen LogP contribution >= 0.6 is 23.1 Å². The average Bonchev–Trinajstić information content (AvgIpc) is 2.90. The lowest BCUT2D eigenvalue weighted by atomic mass is 10.1. The van der Waals surface area contributed by atoms with Gasteiger partial charge in [-0.05, 0) is 19.1 Å². The molecule has 112 valence electrons. The molecule has 2 aromatic heterocycles. The molecule has 1 saturated heterocycles. The van der Waals surface area contributed by atoms with Gasteiger partial charge in [0.1, 0.15) is 11.0 Å². The van der Waals surface area contributed by atoms with E-state index in [1.807, 2.05) is 6.26 Å². The summed E-state index contributed by atoms with van der Waals surface area (Å²) in [7, 11) is 0. The fourth-order valence-electron chi connectivity index (χ4n) is 2.47. The first-order chi connectivity index (χ1) is 10.2. The molecule has 0 saturated carbocycles. The fraction of sp³-hybridized carbons (Fsp3) is 0.500. The van der Waals surface area contributed by atoms with Crippen molar-refractivity contribution in [2.24, 2.45) is 5.73 Å². The highest BCUT2D eigenvalue weighted by Crippen LogP contribution is 2.33. The molecule has 0 atom stereocenters. The number of rotatable bonds is 3. The van der Waals surface area contributed by atoms with Crippen LogP contribution in [0, 0.1) is 0 Å². The molecule has 3 heterocycles. The Morgan fingerprint density at radius 1 is 1.48 bits per heavy atom. The largest absolute Gasteiger partial charge is 0.355 e. The monoisotopic (exact) mass is 324 g/mol. The molecule has 9 heteroatoms. The van der Waals surface area contributed by atoms with Gasteiger partial charge in [0.25, 0.3) is 0 Å². The third-order valence-corrected chi connectivity index (χ3v) is 5.49. The molecule has 0 radical (unpaired) electrons. The Balaban J connectivity index is 1.79. The number of nitrogens with zero attached hydrogens (tertiary/aromatic N) is 4. The summed E-state index contributed by atoms with van der Waals surface area (Å²) in [6.07, 6.45) is 5.30. The van der Waals surface area contributed by atoms with E-state index in [0.29, 0.717) is 0 Å². The number of hydrogen-bond donors (Lipinski definition) is 2. The van der Waals surface area contributed by atoms with Gasteiger partial charge in [-0.3, -0.25) is 0 Å². The zero-order valence-electron chi connectivity index (χ0n) is 11.6. The molecule has 1 aliphatic rings. The van der Waals surface area contributed by atoms with Crippen LogP contribution in [0.5, 0.6) is 0 Å². The van der Waals surface area contributed by atoms with Crippen molar-refractivity contribution < 1.29 is 4.79 Å². The Bertz CT molecular complexity index is 652. The van der Waals surface area contributed by atoms with E-state index in [4.69, 9.17) is 5.73 Å². The minimum absolute atomic E-state index is 0.152. The summed E-state index contributed by atoms with van der Waals surface area (Å²) in [5.41, 5.74) is 5.92. The summed E-state index contributed by atoms with van der Waals surface area (Å²) in [6, 6.07) is -0.302. The van der Waals surface area contributed by atoms with E-state index < -0.39 is 6.03 Å². The van der Waals surface area contributed by atoms with E-state index in [2.05, 4.69) is 25.2 Å². The molecule has 2 aromatic rings. The van der Waals surface area contributed by atoms with E-state index in [1.54, 1.807) is 29.4 Å². The second-order valence-corrected chi connectivity index (χ2v) is 6.86. The van der Waals surface area contributed by atoms with Crippen molar-refractivity contribution in [2.45, 2.75) is 23.2 Å². The Morgan fingerprint density at radius 3 is 2.90 bits per heavy atom. The van der Waals surface area contributed by atoms with Crippen LogP contribution in [0.4, 0.5) is 10.6 Å². The summed E-state index contributed by atoms with van der Waals surface area (Å²) in [6.45, 7) is 1.67. The standard InChI is InChI=1S/C12H16N6OS2/c1-20-12-17-9-8(21-12)10(15-6-14-9)18-4-2-7(3-5-18)16-11(13)19/h6-7H,2-5H2,1H3,(H3,13,16,19). The summed E-state index contributed by atoms with van der Waals surface area (Å²) in [4.78, 5) is 26.3. The molecule has 1 fully saturated rings. The van der Waals surface area contributed by atoms with Crippen LogP contribution in [0.3, 0.4) is 0 Å². The first-order valence-electron chi connectivity index (χ1n) is 6.64. The van der Waals surface area contributed by atoms with Crippen molar-refractivity contribution >= 4 is 45.3 Å². The number of carbonyl (C=O) groups is 1. The van der Waals surface area contributed by atoms with E-state index in [9.17, 15) is 4.79 Å². The molecule has 21 heavy (non-hydrogen) atoms. The minimum Gasteiger partial charge on any atom is -0.355 e. The number of fused-ring (bicyclic) bond motifs is 1. The van der Waals surface area contributed by atoms with Crippen molar-refractivity contribution in [3.8, 4) is 0 Å². The highest BCUT2D eigenvalue weighted by Gasteiger charge is 2.23. The van der Waals surface area contributed by atoms with Crippen molar-refractivity contribution in [1.29, 1.82) is 0 Å². The van der Waals surface area contributed by atoms with Gasteiger partial charge in [-0.25, -0.2) is 19.7 Å². The maximum atomic E-state index is 10.9. The van der Waals surface area contributed by atoms with E-state index in [0.717, 1.165) is 46.4 Å². The molecule has 2 amide bonds. The molecule has 7 nitrogen and oxygen atoms in total. The third kappa shape index (κ3) is 3.03. The molecule has 0 aromatic carbocycles. The number of thiazole rings is 1. The number of nitrogens with one attached hydrogen (secondary N) is 1. The van der Waals surface area contributed by atoms with Gasteiger partial charge < -0.3 is 16.0 Å². The van der Waals surface area contributed by atoms with Gasteiger partial charge in [0.05, 0.1) is 0 Å². The maximum Gasteiger partial charge on any atom is 0.312 e. The van der Waals surface area contributed by atoms with Crippen molar-refractivity contribution in [1.82, 2.24) is 20.3 Å². The molecule has 3 N–H and O–H groups in total. The fourth-order valence-corrected chi connectivity index (χ4v) is 4.00. The molecular weight excluding hydrogens is 308 g/mol. The number of urea groups is 1. The highest BCUT2D eigenvalue weighted by molar-refractivity contribution is 8.00. The predicted octanol–water partition coefficient (Wildman–Crippen LogP) is 1.45. The lowest BCUT2D eigenvalue weighted by Crippen LogP contribution is -2.46. The number of anilines is 1. The van der Waals surface area contributed by atoms with Crippen LogP contribution in [0.1, 0.15) is 12.8 Å². The molecule has 3 rings (SSSR count). The van der Waals surface area contributed by atoms with Gasteiger partial charge in [-0.1, -0.05) is 11.8 Å². The first kappa shape index (κ1) is 14.3. The maximum absolute atomic E-state index is 10.9. The summed E-state index contributed by atoms with van der Waals surface area (Å²) < 4.78 is 2.03. The zero-order chi connectivity index (χ0) is 14.8. The Kier molecular flexibility index (Phi) is 4.11. The van der Waals surface area contributed by atoms with Crippen LogP contribution in [-0.2, 0) is 0 Å². The topological polar surface area (TPSA) is 97.0 Å². The Morgan fingerprint density at radius 2 is 2.24 bits per heavy atom. The van der Waals surface area contributed by atoms with Gasteiger partial charge in [-0.2, -0.15) is 0 Å². The average molecular weight is 324 g/mol. The molecular formula is C12H16N6OS2. The van der Waals surface area contributed by atoms with Crippen molar-refractivity contribution in [2.75, 3.05) is 24.2 Å². The van der Waals surface area contributed by atoms with E-state index in [-0.39, 0.29) is 6.04 Å². The lowest BCUT2D eigenvalue weighted by Gasteiger charge is -2.32. The van der Waals surface area contributed by atoms with Crippen molar-refractivity contribution in [3.63, 3.8) is 0 Å². The number of aromatic nitrogens is 3. The number of primary amides is 1. The Labute approximate surface area is 130 Å². The smallest absolute Gasteiger partial charge is 0.312 e. The quantitative estimate of drug-likeness (QED) is 0.829. The molecule has 0 spiro atoms. The molecule has 0 aliphatic carbocycles. The normalized spacial score (nSPS) is 16.3. The SMILES string of the molecule is CSc1nc2ncnc(N3CCC(NC(N)=O)CC3)c2s1.